The lowest BCUT2D eigenvalue weighted by molar-refractivity contribution is -0.462. The molecule has 1 rings (SSSR count). The number of hydrogen-bond donors (Lipinski definition) is 1. The Morgan fingerprint density at radius 2 is 2.00 bits per heavy atom. The topological polar surface area (TPSA) is 27.5 Å². The van der Waals surface area contributed by atoms with Gasteiger partial charge in [0.1, 0.15) is 0 Å². The summed E-state index contributed by atoms with van der Waals surface area (Å²) in [5, 5.41) is 2.14. The van der Waals surface area contributed by atoms with Crippen LogP contribution >= 0.6 is 0 Å². The Kier molecular flexibility index (Phi) is 3.32. The largest absolute Gasteiger partial charge is 0.378 e. The van der Waals surface area contributed by atoms with Crippen molar-refractivity contribution in [2.24, 2.45) is 0 Å². The van der Waals surface area contributed by atoms with Crippen molar-refractivity contribution in [3.63, 3.8) is 0 Å². The molecule has 0 amide bonds. The van der Waals surface area contributed by atoms with E-state index in [1.54, 1.807) is 0 Å². The molecule has 0 unspecified atom stereocenters. The third kappa shape index (κ3) is 3.34. The molecule has 0 spiro atoms. The Hall–Kier alpha value is -0.610. The quantitative estimate of drug-likeness (QED) is 0.321. The van der Waals surface area contributed by atoms with E-state index in [-0.39, 0.29) is 0 Å². The molecule has 4 nitrogen and oxygen atoms in total. The van der Waals surface area contributed by atoms with Gasteiger partial charge in [-0.25, -0.2) is 5.43 Å². The van der Waals surface area contributed by atoms with Gasteiger partial charge in [0.25, 0.3) is 0 Å². The lowest BCUT2D eigenvalue weighted by atomic mass is 10.5. The molecular weight excluding hydrogens is 142 g/mol. The Morgan fingerprint density at radius 1 is 1.36 bits per heavy atom. The van der Waals surface area contributed by atoms with Gasteiger partial charge in [-0.15, -0.1) is 5.01 Å². The minimum atomic E-state index is 0.828. The first-order valence-corrected chi connectivity index (χ1v) is 3.87. The normalized spacial score (nSPS) is 19.5. The zero-order valence-electron chi connectivity index (χ0n) is 7.21. The zero-order valence-corrected chi connectivity index (χ0v) is 7.21. The number of hydrazine groups is 1. The Labute approximate surface area is 67.4 Å². The van der Waals surface area contributed by atoms with E-state index in [2.05, 4.69) is 10.4 Å². The van der Waals surface area contributed by atoms with E-state index < -0.39 is 0 Å². The van der Waals surface area contributed by atoms with Crippen molar-refractivity contribution in [2.75, 3.05) is 40.4 Å². The maximum absolute atomic E-state index is 5.20. The Morgan fingerprint density at radius 3 is 2.55 bits per heavy atom. The summed E-state index contributed by atoms with van der Waals surface area (Å²) in [6, 6.07) is 0. The number of nitrogens with zero attached hydrogens (tertiary/aromatic N) is 2. The molecule has 0 bridgehead atoms. The van der Waals surface area contributed by atoms with Crippen LogP contribution in [-0.2, 0) is 4.74 Å². The van der Waals surface area contributed by atoms with Crippen molar-refractivity contribution in [3.05, 3.63) is 0 Å². The first-order chi connectivity index (χ1) is 5.29. The second-order valence-electron chi connectivity index (χ2n) is 2.82. The number of morpholine rings is 1. The summed E-state index contributed by atoms with van der Waals surface area (Å²) in [7, 11) is 3.99. The van der Waals surface area contributed by atoms with Gasteiger partial charge in [0, 0.05) is 0 Å². The fourth-order valence-corrected chi connectivity index (χ4v) is 0.890. The zero-order chi connectivity index (χ0) is 8.10. The summed E-state index contributed by atoms with van der Waals surface area (Å²) in [5.41, 5.74) is 3.18. The number of rotatable bonds is 2. The van der Waals surface area contributed by atoms with E-state index in [0.29, 0.717) is 0 Å². The first kappa shape index (κ1) is 8.49. The minimum Gasteiger partial charge on any atom is -0.378 e. The van der Waals surface area contributed by atoms with Crippen LogP contribution in [-0.4, -0.2) is 56.3 Å². The second-order valence-corrected chi connectivity index (χ2v) is 2.82. The molecule has 0 aromatic heterocycles. The molecule has 1 N–H and O–H groups in total. The smallest absolute Gasteiger partial charge is 0.250 e. The first-order valence-electron chi connectivity index (χ1n) is 3.87. The van der Waals surface area contributed by atoms with Gasteiger partial charge < -0.3 is 4.74 Å². The SMILES string of the molecule is C[N+](C)=CNN1CCOCC1. The van der Waals surface area contributed by atoms with Gasteiger partial charge in [-0.2, -0.15) is 0 Å². The molecule has 0 saturated carbocycles. The summed E-state index contributed by atoms with van der Waals surface area (Å²) >= 11 is 0. The number of hydrogen-bond acceptors (Lipinski definition) is 2. The van der Waals surface area contributed by atoms with Crippen LogP contribution in [0.25, 0.3) is 0 Å². The van der Waals surface area contributed by atoms with Gasteiger partial charge in [0.2, 0.25) is 6.34 Å². The van der Waals surface area contributed by atoms with Crippen molar-refractivity contribution in [2.45, 2.75) is 0 Å². The molecular formula is C7H16N3O+. The van der Waals surface area contributed by atoms with E-state index >= 15 is 0 Å². The van der Waals surface area contributed by atoms with Gasteiger partial charge in [0.05, 0.1) is 40.4 Å². The third-order valence-corrected chi connectivity index (χ3v) is 1.51. The van der Waals surface area contributed by atoms with Crippen molar-refractivity contribution < 1.29 is 9.31 Å². The fourth-order valence-electron chi connectivity index (χ4n) is 0.890. The van der Waals surface area contributed by atoms with Gasteiger partial charge in [-0.05, 0) is 0 Å². The molecule has 1 fully saturated rings. The van der Waals surface area contributed by atoms with Gasteiger partial charge in [0.15, 0.2) is 0 Å². The molecule has 64 valence electrons. The monoisotopic (exact) mass is 158 g/mol. The summed E-state index contributed by atoms with van der Waals surface area (Å²) in [5.74, 6) is 0. The third-order valence-electron chi connectivity index (χ3n) is 1.51. The van der Waals surface area contributed by atoms with Crippen LogP contribution in [0.15, 0.2) is 0 Å². The summed E-state index contributed by atoms with van der Waals surface area (Å²) < 4.78 is 7.18. The summed E-state index contributed by atoms with van der Waals surface area (Å²) in [4.78, 5) is 0. The summed E-state index contributed by atoms with van der Waals surface area (Å²) in [6.07, 6.45) is 1.94. The molecule has 0 aromatic carbocycles. The predicted octanol–water partition coefficient (Wildman–Crippen LogP) is -0.876. The molecule has 1 aliphatic heterocycles. The van der Waals surface area contributed by atoms with Crippen molar-refractivity contribution in [3.8, 4) is 0 Å². The lowest BCUT2D eigenvalue weighted by Gasteiger charge is -2.21. The van der Waals surface area contributed by atoms with Crippen molar-refractivity contribution >= 4 is 6.34 Å². The van der Waals surface area contributed by atoms with Crippen molar-refractivity contribution in [1.82, 2.24) is 10.4 Å². The lowest BCUT2D eigenvalue weighted by Crippen LogP contribution is -2.46. The predicted molar refractivity (Wildman–Crippen MR) is 43.7 cm³/mol. The van der Waals surface area contributed by atoms with E-state index in [4.69, 9.17) is 4.74 Å². The molecule has 4 heteroatoms. The maximum atomic E-state index is 5.20. The average Bonchev–Trinajstić information content (AvgIpc) is 2.03. The highest BCUT2D eigenvalue weighted by Crippen LogP contribution is 1.90. The molecule has 0 aliphatic carbocycles. The van der Waals surface area contributed by atoms with Crippen molar-refractivity contribution in [1.29, 1.82) is 0 Å². The maximum Gasteiger partial charge on any atom is 0.250 e. The highest BCUT2D eigenvalue weighted by Gasteiger charge is 2.10. The molecule has 0 radical (unpaired) electrons. The number of nitrogens with one attached hydrogen (secondary N) is 1. The van der Waals surface area contributed by atoms with Crippen LogP contribution < -0.4 is 5.43 Å². The van der Waals surface area contributed by atoms with Crippen LogP contribution in [0.5, 0.6) is 0 Å². The van der Waals surface area contributed by atoms with E-state index in [0.717, 1.165) is 26.3 Å². The van der Waals surface area contributed by atoms with Gasteiger partial charge in [-0.3, -0.25) is 4.58 Å². The number of ether oxygens (including phenoxy) is 1. The molecule has 1 heterocycles. The molecule has 0 aromatic rings. The molecule has 1 aliphatic rings. The van der Waals surface area contributed by atoms with Crippen LogP contribution in [0.1, 0.15) is 0 Å². The fraction of sp³-hybridized carbons (Fsp3) is 0.857. The van der Waals surface area contributed by atoms with Gasteiger partial charge in [-0.1, -0.05) is 0 Å². The standard InChI is InChI=1S/C7H15N3O/c1-9(2)7-8-10-3-5-11-6-4-10/h7H,3-6H2,1-2H3/p+1. The van der Waals surface area contributed by atoms with E-state index in [1.165, 1.54) is 0 Å². The second kappa shape index (κ2) is 4.31. The van der Waals surface area contributed by atoms with Crippen LogP contribution in [0.3, 0.4) is 0 Å². The van der Waals surface area contributed by atoms with Gasteiger partial charge >= 0.3 is 0 Å². The van der Waals surface area contributed by atoms with Crippen LogP contribution in [0, 0.1) is 0 Å². The minimum absolute atomic E-state index is 0.828. The summed E-state index contributed by atoms with van der Waals surface area (Å²) in [6.45, 7) is 3.58. The van der Waals surface area contributed by atoms with Crippen LogP contribution in [0.2, 0.25) is 0 Å². The highest BCUT2D eigenvalue weighted by atomic mass is 16.5. The Balaban J connectivity index is 2.19. The van der Waals surface area contributed by atoms with Crippen LogP contribution in [0.4, 0.5) is 0 Å². The molecule has 0 atom stereocenters. The molecule has 1 saturated heterocycles. The Bertz CT molecular complexity index is 137. The average molecular weight is 158 g/mol. The van der Waals surface area contributed by atoms with E-state index in [1.807, 2.05) is 25.0 Å². The highest BCUT2D eigenvalue weighted by molar-refractivity contribution is 5.46. The van der Waals surface area contributed by atoms with E-state index in [9.17, 15) is 0 Å². The molecule has 11 heavy (non-hydrogen) atoms.